The molecule has 0 spiro atoms. The Morgan fingerprint density at radius 3 is 2.67 bits per heavy atom. The van der Waals surface area contributed by atoms with Gasteiger partial charge < -0.3 is 15.3 Å². The maximum Gasteiger partial charge on any atom is 0.317 e. The second-order valence-corrected chi connectivity index (χ2v) is 6.04. The number of urea groups is 1. The molecule has 0 aromatic heterocycles. The summed E-state index contributed by atoms with van der Waals surface area (Å²) in [7, 11) is 0. The van der Waals surface area contributed by atoms with E-state index in [1.54, 1.807) is 4.90 Å². The van der Waals surface area contributed by atoms with E-state index in [0.29, 0.717) is 19.6 Å². The molecular weight excluding hydrogens is 288 g/mol. The van der Waals surface area contributed by atoms with E-state index < -0.39 is 0 Å². The Bertz CT molecular complexity index is 483. The summed E-state index contributed by atoms with van der Waals surface area (Å²) < 4.78 is 0. The molecule has 0 aliphatic heterocycles. The molecule has 0 atom stereocenters. The zero-order chi connectivity index (χ0) is 15.3. The molecule has 5 heteroatoms. The number of aliphatic hydroxyl groups excluding tert-OH is 1. The number of halogens is 1. The van der Waals surface area contributed by atoms with Crippen LogP contribution in [0, 0.1) is 0 Å². The third-order valence-corrected chi connectivity index (χ3v) is 4.36. The number of nitrogens with one attached hydrogen (secondary N) is 1. The van der Waals surface area contributed by atoms with Crippen LogP contribution in [0.3, 0.4) is 0 Å². The van der Waals surface area contributed by atoms with Crippen LogP contribution in [0.1, 0.15) is 31.7 Å². The summed E-state index contributed by atoms with van der Waals surface area (Å²) in [5, 5.41) is 12.8. The molecule has 1 aromatic carbocycles. The fraction of sp³-hybridized carbons (Fsp3) is 0.562. The first kappa shape index (κ1) is 16.1. The van der Waals surface area contributed by atoms with Gasteiger partial charge in [-0.1, -0.05) is 36.7 Å². The van der Waals surface area contributed by atoms with Crippen LogP contribution in [0.2, 0.25) is 5.02 Å². The van der Waals surface area contributed by atoms with Crippen molar-refractivity contribution < 1.29 is 9.90 Å². The minimum absolute atomic E-state index is 0.00883. The molecule has 2 rings (SSSR count). The van der Waals surface area contributed by atoms with Crippen molar-refractivity contribution >= 4 is 17.6 Å². The number of carbonyl (C=O) groups is 1. The zero-order valence-electron chi connectivity index (χ0n) is 12.4. The molecule has 1 aromatic rings. The highest BCUT2D eigenvalue weighted by molar-refractivity contribution is 6.31. The SMILES string of the molecule is CCCN(CCO)C(=O)NCC1(c2ccccc2Cl)CC1. The number of nitrogens with zero attached hydrogens (tertiary/aromatic N) is 1. The van der Waals surface area contributed by atoms with Crippen molar-refractivity contribution in [1.29, 1.82) is 0 Å². The molecule has 21 heavy (non-hydrogen) atoms. The quantitative estimate of drug-likeness (QED) is 0.813. The van der Waals surface area contributed by atoms with Gasteiger partial charge in [0, 0.05) is 30.1 Å². The largest absolute Gasteiger partial charge is 0.395 e. The molecule has 116 valence electrons. The first-order valence-corrected chi connectivity index (χ1v) is 7.89. The number of aliphatic hydroxyl groups is 1. The molecule has 2 amide bonds. The molecule has 4 nitrogen and oxygen atoms in total. The molecule has 0 bridgehead atoms. The van der Waals surface area contributed by atoms with Crippen LogP contribution >= 0.6 is 11.6 Å². The summed E-state index contributed by atoms with van der Waals surface area (Å²) in [5.41, 5.74) is 1.11. The van der Waals surface area contributed by atoms with E-state index in [-0.39, 0.29) is 18.1 Å². The first-order valence-electron chi connectivity index (χ1n) is 7.51. The van der Waals surface area contributed by atoms with E-state index in [1.165, 1.54) is 0 Å². The first-order chi connectivity index (χ1) is 10.1. The van der Waals surface area contributed by atoms with E-state index in [2.05, 4.69) is 5.32 Å². The molecule has 1 aliphatic carbocycles. The van der Waals surface area contributed by atoms with Gasteiger partial charge in [-0.2, -0.15) is 0 Å². The van der Waals surface area contributed by atoms with E-state index in [0.717, 1.165) is 29.8 Å². The third kappa shape index (κ3) is 3.89. The number of carbonyl (C=O) groups excluding carboxylic acids is 1. The summed E-state index contributed by atoms with van der Waals surface area (Å²) in [5.74, 6) is 0. The highest BCUT2D eigenvalue weighted by Crippen LogP contribution is 2.49. The lowest BCUT2D eigenvalue weighted by atomic mass is 9.96. The molecule has 1 aliphatic rings. The maximum atomic E-state index is 12.2. The minimum Gasteiger partial charge on any atom is -0.395 e. The van der Waals surface area contributed by atoms with Gasteiger partial charge in [-0.3, -0.25) is 0 Å². The lowest BCUT2D eigenvalue weighted by molar-refractivity contribution is 0.176. The van der Waals surface area contributed by atoms with Gasteiger partial charge in [-0.15, -0.1) is 0 Å². The van der Waals surface area contributed by atoms with Gasteiger partial charge >= 0.3 is 6.03 Å². The Hall–Kier alpha value is -1.26. The predicted octanol–water partition coefficient (Wildman–Crippen LogP) is 2.79. The highest BCUT2D eigenvalue weighted by atomic mass is 35.5. The topological polar surface area (TPSA) is 52.6 Å². The van der Waals surface area contributed by atoms with E-state index >= 15 is 0 Å². The summed E-state index contributed by atoms with van der Waals surface area (Å²) >= 11 is 6.27. The Kier molecular flexibility index (Phi) is 5.48. The third-order valence-electron chi connectivity index (χ3n) is 4.03. The van der Waals surface area contributed by atoms with Gasteiger partial charge in [0.25, 0.3) is 0 Å². The van der Waals surface area contributed by atoms with E-state index in [1.807, 2.05) is 31.2 Å². The molecular formula is C16H23ClN2O2. The summed E-state index contributed by atoms with van der Waals surface area (Å²) in [6.45, 7) is 3.64. The number of benzene rings is 1. The number of hydrogen-bond acceptors (Lipinski definition) is 2. The molecule has 2 N–H and O–H groups in total. The van der Waals surface area contributed by atoms with Crippen LogP contribution < -0.4 is 5.32 Å². The van der Waals surface area contributed by atoms with Crippen LogP contribution in [0.25, 0.3) is 0 Å². The van der Waals surface area contributed by atoms with Crippen molar-refractivity contribution in [3.8, 4) is 0 Å². The standard InChI is InChI=1S/C16H23ClN2O2/c1-2-9-19(10-11-20)15(21)18-12-16(7-8-16)13-5-3-4-6-14(13)17/h3-6,20H,2,7-12H2,1H3,(H,18,21). The monoisotopic (exact) mass is 310 g/mol. The lowest BCUT2D eigenvalue weighted by Gasteiger charge is -2.24. The molecule has 0 radical (unpaired) electrons. The molecule has 0 heterocycles. The van der Waals surface area contributed by atoms with Crippen LogP contribution in [0.15, 0.2) is 24.3 Å². The molecule has 1 saturated carbocycles. The summed E-state index contributed by atoms with van der Waals surface area (Å²) in [4.78, 5) is 13.8. The second kappa shape index (κ2) is 7.14. The minimum atomic E-state index is -0.107. The van der Waals surface area contributed by atoms with Crippen molar-refractivity contribution in [2.45, 2.75) is 31.6 Å². The van der Waals surface area contributed by atoms with Gasteiger partial charge in [0.15, 0.2) is 0 Å². The Balaban J connectivity index is 1.96. The fourth-order valence-corrected chi connectivity index (χ4v) is 2.98. The smallest absolute Gasteiger partial charge is 0.317 e. The Morgan fingerprint density at radius 2 is 2.10 bits per heavy atom. The summed E-state index contributed by atoms with van der Waals surface area (Å²) in [6, 6.07) is 7.74. The van der Waals surface area contributed by atoms with Crippen molar-refractivity contribution in [2.24, 2.45) is 0 Å². The van der Waals surface area contributed by atoms with Crippen molar-refractivity contribution in [3.05, 3.63) is 34.9 Å². The fourth-order valence-electron chi connectivity index (χ4n) is 2.65. The molecule has 1 fully saturated rings. The second-order valence-electron chi connectivity index (χ2n) is 5.63. The van der Waals surface area contributed by atoms with Gasteiger partial charge in [0.1, 0.15) is 0 Å². The lowest BCUT2D eigenvalue weighted by Crippen LogP contribution is -2.44. The summed E-state index contributed by atoms with van der Waals surface area (Å²) in [6.07, 6.45) is 2.97. The van der Waals surface area contributed by atoms with Crippen LogP contribution in [0.5, 0.6) is 0 Å². The number of hydrogen-bond donors (Lipinski definition) is 2. The van der Waals surface area contributed by atoms with Gasteiger partial charge in [0.05, 0.1) is 6.61 Å². The Labute approximate surface area is 131 Å². The van der Waals surface area contributed by atoms with Gasteiger partial charge in [0.2, 0.25) is 0 Å². The molecule has 0 saturated heterocycles. The van der Waals surface area contributed by atoms with Crippen LogP contribution in [0.4, 0.5) is 4.79 Å². The number of amides is 2. The molecule has 0 unspecified atom stereocenters. The maximum absolute atomic E-state index is 12.2. The van der Waals surface area contributed by atoms with E-state index in [9.17, 15) is 4.79 Å². The Morgan fingerprint density at radius 1 is 1.38 bits per heavy atom. The normalized spacial score (nSPS) is 15.6. The van der Waals surface area contributed by atoms with Crippen LogP contribution in [-0.4, -0.2) is 42.3 Å². The van der Waals surface area contributed by atoms with Gasteiger partial charge in [-0.25, -0.2) is 4.79 Å². The van der Waals surface area contributed by atoms with E-state index in [4.69, 9.17) is 16.7 Å². The van der Waals surface area contributed by atoms with Crippen LogP contribution in [-0.2, 0) is 5.41 Å². The average Bonchev–Trinajstić information content (AvgIpc) is 3.26. The zero-order valence-corrected chi connectivity index (χ0v) is 13.2. The highest BCUT2D eigenvalue weighted by Gasteiger charge is 2.45. The van der Waals surface area contributed by atoms with Crippen molar-refractivity contribution in [3.63, 3.8) is 0 Å². The van der Waals surface area contributed by atoms with Gasteiger partial charge in [-0.05, 0) is 30.9 Å². The predicted molar refractivity (Wildman–Crippen MR) is 84.7 cm³/mol. The average molecular weight is 311 g/mol. The van der Waals surface area contributed by atoms with Crippen molar-refractivity contribution in [1.82, 2.24) is 10.2 Å². The van der Waals surface area contributed by atoms with Crippen molar-refractivity contribution in [2.75, 3.05) is 26.2 Å². The number of rotatable bonds is 7.